The molecule has 2 aromatic carbocycles. The average molecular weight is 317 g/mol. The standard InChI is InChI=1S/C17H17N.H2O3S/c1-2-12-18-16-11-7-6-10-15(16)13-17(18)14-8-4-3-5-9-14;1-4(2)3/h3-11,13H,2,12H2,1H3;4H,(H,1,2,3). The summed E-state index contributed by atoms with van der Waals surface area (Å²) in [4.78, 5) is 0. The number of para-hydroxylation sites is 1. The molecule has 0 saturated carbocycles. The van der Waals surface area contributed by atoms with E-state index in [2.05, 4.69) is 72.2 Å². The number of thiol groups is 1. The Morgan fingerprint density at radius 2 is 1.59 bits per heavy atom. The first-order valence-electron chi connectivity index (χ1n) is 7.10. The lowest BCUT2D eigenvalue weighted by Gasteiger charge is -2.09. The Bertz CT molecular complexity index is 799. The van der Waals surface area contributed by atoms with Gasteiger partial charge in [-0.15, -0.1) is 0 Å². The van der Waals surface area contributed by atoms with Crippen LogP contribution in [0.25, 0.3) is 22.2 Å². The quantitative estimate of drug-likeness (QED) is 0.571. The summed E-state index contributed by atoms with van der Waals surface area (Å²) in [7, 11) is -3.12. The van der Waals surface area contributed by atoms with E-state index in [1.54, 1.807) is 0 Å². The zero-order valence-corrected chi connectivity index (χ0v) is 13.2. The maximum absolute atomic E-state index is 8.59. The Hall–Kier alpha value is -2.11. The van der Waals surface area contributed by atoms with E-state index in [1.807, 2.05) is 0 Å². The lowest BCUT2D eigenvalue weighted by atomic mass is 10.1. The number of hydrogen-bond donors (Lipinski definition) is 2. The highest BCUT2D eigenvalue weighted by molar-refractivity contribution is 7.66. The Morgan fingerprint density at radius 3 is 2.23 bits per heavy atom. The van der Waals surface area contributed by atoms with Crippen LogP contribution in [-0.2, 0) is 17.5 Å². The minimum Gasteiger partial charge on any atom is -0.341 e. The van der Waals surface area contributed by atoms with E-state index in [-0.39, 0.29) is 0 Å². The molecule has 0 unspecified atom stereocenters. The zero-order chi connectivity index (χ0) is 15.9. The first-order valence-corrected chi connectivity index (χ1v) is 8.23. The van der Waals surface area contributed by atoms with E-state index in [0.717, 1.165) is 13.0 Å². The van der Waals surface area contributed by atoms with Gasteiger partial charge in [-0.05, 0) is 24.1 Å². The van der Waals surface area contributed by atoms with Gasteiger partial charge in [0.1, 0.15) is 0 Å². The predicted octanol–water partition coefficient (Wildman–Crippen LogP) is 3.79. The molecule has 116 valence electrons. The van der Waals surface area contributed by atoms with Crippen LogP contribution in [0.4, 0.5) is 0 Å². The molecule has 4 nitrogen and oxygen atoms in total. The number of aromatic nitrogens is 1. The van der Waals surface area contributed by atoms with Crippen molar-refractivity contribution < 1.29 is 13.0 Å². The molecule has 0 fully saturated rings. The van der Waals surface area contributed by atoms with Gasteiger partial charge in [0.15, 0.2) is 0 Å². The van der Waals surface area contributed by atoms with Crippen molar-refractivity contribution in [3.8, 4) is 11.3 Å². The molecule has 3 rings (SSSR count). The fourth-order valence-corrected chi connectivity index (χ4v) is 2.52. The van der Waals surface area contributed by atoms with Crippen molar-refractivity contribution in [3.05, 3.63) is 60.7 Å². The molecular weight excluding hydrogens is 298 g/mol. The third kappa shape index (κ3) is 3.96. The molecule has 5 heteroatoms. The molecule has 3 aromatic rings. The number of hydrogen-bond acceptors (Lipinski definition) is 2. The highest BCUT2D eigenvalue weighted by Crippen LogP contribution is 2.28. The molecule has 0 saturated heterocycles. The van der Waals surface area contributed by atoms with Crippen LogP contribution in [0.5, 0.6) is 0 Å². The monoisotopic (exact) mass is 317 g/mol. The molecule has 0 aliphatic rings. The van der Waals surface area contributed by atoms with Gasteiger partial charge >= 0.3 is 0 Å². The van der Waals surface area contributed by atoms with Gasteiger partial charge in [0.25, 0.3) is 11.0 Å². The van der Waals surface area contributed by atoms with E-state index < -0.39 is 11.0 Å². The van der Waals surface area contributed by atoms with Crippen molar-refractivity contribution in [2.45, 2.75) is 19.9 Å². The molecule has 1 N–H and O–H groups in total. The number of benzene rings is 2. The lowest BCUT2D eigenvalue weighted by Crippen LogP contribution is -1.98. The van der Waals surface area contributed by atoms with Crippen molar-refractivity contribution in [1.29, 1.82) is 0 Å². The van der Waals surface area contributed by atoms with E-state index in [1.165, 1.54) is 22.2 Å². The van der Waals surface area contributed by atoms with Gasteiger partial charge in [0, 0.05) is 23.1 Å². The lowest BCUT2D eigenvalue weighted by molar-refractivity contribution is 0.509. The van der Waals surface area contributed by atoms with Crippen LogP contribution in [0.3, 0.4) is 0 Å². The Labute approximate surface area is 131 Å². The summed E-state index contributed by atoms with van der Waals surface area (Å²) < 4.78 is 26.6. The summed E-state index contributed by atoms with van der Waals surface area (Å²) in [5.74, 6) is 0. The highest BCUT2D eigenvalue weighted by atomic mass is 32.2. The van der Waals surface area contributed by atoms with Crippen molar-refractivity contribution in [2.75, 3.05) is 0 Å². The molecule has 1 aromatic heterocycles. The number of fused-ring (bicyclic) bond motifs is 1. The molecule has 0 aliphatic carbocycles. The van der Waals surface area contributed by atoms with Crippen LogP contribution in [0.15, 0.2) is 60.7 Å². The van der Waals surface area contributed by atoms with Crippen molar-refractivity contribution >= 4 is 21.9 Å². The van der Waals surface area contributed by atoms with Crippen LogP contribution in [0.2, 0.25) is 0 Å². The van der Waals surface area contributed by atoms with Crippen LogP contribution in [0.1, 0.15) is 13.3 Å². The molecule has 1 heterocycles. The van der Waals surface area contributed by atoms with Crippen LogP contribution >= 0.6 is 0 Å². The summed E-state index contributed by atoms with van der Waals surface area (Å²) in [6, 6.07) is 21.5. The first kappa shape index (κ1) is 16.3. The average Bonchev–Trinajstić information content (AvgIpc) is 2.87. The van der Waals surface area contributed by atoms with Crippen molar-refractivity contribution in [2.24, 2.45) is 0 Å². The predicted molar refractivity (Wildman–Crippen MR) is 90.6 cm³/mol. The number of aryl methyl sites for hydroxylation is 1. The molecule has 0 radical (unpaired) electrons. The Kier molecular flexibility index (Phi) is 5.75. The van der Waals surface area contributed by atoms with Gasteiger partial charge in [0.2, 0.25) is 0 Å². The van der Waals surface area contributed by atoms with Gasteiger partial charge in [-0.2, -0.15) is 0 Å². The Balaban J connectivity index is 0.000000396. The van der Waals surface area contributed by atoms with E-state index in [9.17, 15) is 0 Å². The smallest absolute Gasteiger partial charge is 0.254 e. The maximum Gasteiger partial charge on any atom is 0.254 e. The minimum absolute atomic E-state index is 1.07. The van der Waals surface area contributed by atoms with E-state index in [4.69, 9.17) is 13.0 Å². The molecule has 0 spiro atoms. The van der Waals surface area contributed by atoms with Crippen LogP contribution in [0, 0.1) is 0 Å². The fraction of sp³-hybridized carbons (Fsp3) is 0.176. The SMILES string of the molecule is CCCn1c(-c2ccccc2)cc2ccccc21.O=[SH](=O)O. The van der Waals surface area contributed by atoms with Gasteiger partial charge in [0.05, 0.1) is 0 Å². The molecule has 0 aliphatic heterocycles. The summed E-state index contributed by atoms with van der Waals surface area (Å²) in [6.45, 7) is 3.29. The van der Waals surface area contributed by atoms with Crippen LogP contribution < -0.4 is 0 Å². The molecule has 22 heavy (non-hydrogen) atoms. The number of rotatable bonds is 3. The highest BCUT2D eigenvalue weighted by Gasteiger charge is 2.08. The van der Waals surface area contributed by atoms with E-state index >= 15 is 0 Å². The van der Waals surface area contributed by atoms with Gasteiger partial charge < -0.3 is 4.57 Å². The summed E-state index contributed by atoms with van der Waals surface area (Å²) >= 11 is 0. The largest absolute Gasteiger partial charge is 0.341 e. The second kappa shape index (κ2) is 7.77. The second-order valence-electron chi connectivity index (χ2n) is 4.84. The van der Waals surface area contributed by atoms with E-state index in [0.29, 0.717) is 0 Å². The Morgan fingerprint density at radius 1 is 1.00 bits per heavy atom. The molecule has 0 bridgehead atoms. The fourth-order valence-electron chi connectivity index (χ4n) is 2.52. The zero-order valence-electron chi connectivity index (χ0n) is 12.3. The molecular formula is C17H19NO3S. The first-order chi connectivity index (χ1) is 10.6. The van der Waals surface area contributed by atoms with Gasteiger partial charge in [-0.1, -0.05) is 55.5 Å². The van der Waals surface area contributed by atoms with Crippen LogP contribution in [-0.4, -0.2) is 17.5 Å². The molecule has 0 atom stereocenters. The third-order valence-corrected chi connectivity index (χ3v) is 3.33. The normalized spacial score (nSPS) is 10.5. The topological polar surface area (TPSA) is 59.3 Å². The van der Waals surface area contributed by atoms with Crippen molar-refractivity contribution in [1.82, 2.24) is 4.57 Å². The third-order valence-electron chi connectivity index (χ3n) is 3.33. The summed E-state index contributed by atoms with van der Waals surface area (Å²) in [6.07, 6.45) is 1.15. The number of nitrogens with zero attached hydrogens (tertiary/aromatic N) is 1. The van der Waals surface area contributed by atoms with Gasteiger partial charge in [-0.3, -0.25) is 4.55 Å². The van der Waals surface area contributed by atoms with Crippen molar-refractivity contribution in [3.63, 3.8) is 0 Å². The summed E-state index contributed by atoms with van der Waals surface area (Å²) in [5, 5.41) is 1.32. The minimum atomic E-state index is -3.12. The van der Waals surface area contributed by atoms with Gasteiger partial charge in [-0.25, -0.2) is 8.42 Å². The maximum atomic E-state index is 8.59. The summed E-state index contributed by atoms with van der Waals surface area (Å²) in [5.41, 5.74) is 3.94. The second-order valence-corrected chi connectivity index (χ2v) is 5.32. The molecule has 0 amide bonds.